The van der Waals surface area contributed by atoms with E-state index in [0.717, 1.165) is 28.0 Å². The third-order valence-corrected chi connectivity index (χ3v) is 4.32. The van der Waals surface area contributed by atoms with Crippen LogP contribution in [0.4, 0.5) is 11.5 Å². The number of nitrogens with one attached hydrogen (secondary N) is 1. The number of aromatic nitrogens is 2. The SMILES string of the molecule is Clc1ccc(Nc2nc(-c3ccc(Cl)cc3)nc3ccccc23)cc1. The lowest BCUT2D eigenvalue weighted by Crippen LogP contribution is -1.99. The van der Waals surface area contributed by atoms with E-state index < -0.39 is 0 Å². The summed E-state index contributed by atoms with van der Waals surface area (Å²) in [6.07, 6.45) is 0. The summed E-state index contributed by atoms with van der Waals surface area (Å²) in [6, 6.07) is 22.9. The largest absolute Gasteiger partial charge is 0.340 e. The Labute approximate surface area is 155 Å². The molecule has 0 unspecified atom stereocenters. The van der Waals surface area contributed by atoms with E-state index in [0.29, 0.717) is 15.9 Å². The van der Waals surface area contributed by atoms with Crippen molar-refractivity contribution in [3.63, 3.8) is 0 Å². The summed E-state index contributed by atoms with van der Waals surface area (Å²) in [5, 5.41) is 5.69. The van der Waals surface area contributed by atoms with Crippen LogP contribution >= 0.6 is 23.2 Å². The predicted octanol–water partition coefficient (Wildman–Crippen LogP) is 6.35. The highest BCUT2D eigenvalue weighted by Crippen LogP contribution is 2.28. The number of halogens is 2. The van der Waals surface area contributed by atoms with Gasteiger partial charge in [-0.25, -0.2) is 9.97 Å². The van der Waals surface area contributed by atoms with Crippen LogP contribution in [0.1, 0.15) is 0 Å². The van der Waals surface area contributed by atoms with Crippen molar-refractivity contribution in [3.8, 4) is 11.4 Å². The molecule has 0 saturated carbocycles. The van der Waals surface area contributed by atoms with E-state index >= 15 is 0 Å². The zero-order valence-electron chi connectivity index (χ0n) is 13.1. The van der Waals surface area contributed by atoms with E-state index in [1.807, 2.05) is 72.8 Å². The van der Waals surface area contributed by atoms with Gasteiger partial charge in [-0.15, -0.1) is 0 Å². The van der Waals surface area contributed by atoms with E-state index in [2.05, 4.69) is 10.3 Å². The van der Waals surface area contributed by atoms with Gasteiger partial charge in [0.2, 0.25) is 0 Å². The van der Waals surface area contributed by atoms with Gasteiger partial charge in [0.1, 0.15) is 5.82 Å². The zero-order chi connectivity index (χ0) is 17.2. The summed E-state index contributed by atoms with van der Waals surface area (Å²) in [4.78, 5) is 9.40. The van der Waals surface area contributed by atoms with Crippen molar-refractivity contribution in [2.24, 2.45) is 0 Å². The van der Waals surface area contributed by atoms with Crippen LogP contribution in [0.3, 0.4) is 0 Å². The maximum Gasteiger partial charge on any atom is 0.162 e. The molecule has 0 amide bonds. The second-order valence-corrected chi connectivity index (χ2v) is 6.42. The van der Waals surface area contributed by atoms with Gasteiger partial charge in [-0.05, 0) is 60.7 Å². The van der Waals surface area contributed by atoms with Crippen LogP contribution in [0, 0.1) is 0 Å². The standard InChI is InChI=1S/C20H13Cl2N3/c21-14-7-5-13(6-8-14)19-24-18-4-2-1-3-17(18)20(25-19)23-16-11-9-15(22)10-12-16/h1-12H,(H,23,24,25). The number of para-hydroxylation sites is 1. The molecule has 0 radical (unpaired) electrons. The smallest absolute Gasteiger partial charge is 0.162 e. The van der Waals surface area contributed by atoms with Crippen molar-refractivity contribution in [1.82, 2.24) is 9.97 Å². The first-order chi connectivity index (χ1) is 12.2. The Morgan fingerprint density at radius 3 is 2.04 bits per heavy atom. The summed E-state index contributed by atoms with van der Waals surface area (Å²) in [5.74, 6) is 1.39. The molecule has 122 valence electrons. The molecule has 0 atom stereocenters. The molecule has 1 aromatic heterocycles. The molecule has 0 aliphatic rings. The third kappa shape index (κ3) is 3.43. The van der Waals surface area contributed by atoms with Gasteiger partial charge < -0.3 is 5.32 Å². The number of rotatable bonds is 3. The first kappa shape index (κ1) is 15.9. The molecule has 0 saturated heterocycles. The average molecular weight is 366 g/mol. The summed E-state index contributed by atoms with van der Waals surface area (Å²) in [6.45, 7) is 0. The van der Waals surface area contributed by atoms with E-state index in [9.17, 15) is 0 Å². The van der Waals surface area contributed by atoms with Crippen molar-refractivity contribution >= 4 is 45.6 Å². The van der Waals surface area contributed by atoms with Crippen molar-refractivity contribution in [1.29, 1.82) is 0 Å². The quantitative estimate of drug-likeness (QED) is 0.459. The fourth-order valence-corrected chi connectivity index (χ4v) is 2.82. The fourth-order valence-electron chi connectivity index (χ4n) is 2.57. The topological polar surface area (TPSA) is 37.8 Å². The Bertz CT molecular complexity index is 1030. The molecule has 0 spiro atoms. The minimum Gasteiger partial charge on any atom is -0.340 e. The van der Waals surface area contributed by atoms with Gasteiger partial charge in [-0.1, -0.05) is 35.3 Å². The highest BCUT2D eigenvalue weighted by Gasteiger charge is 2.09. The lowest BCUT2D eigenvalue weighted by molar-refractivity contribution is 1.22. The Morgan fingerprint density at radius 2 is 1.32 bits per heavy atom. The van der Waals surface area contributed by atoms with Crippen LogP contribution in [0.5, 0.6) is 0 Å². The first-order valence-corrected chi connectivity index (χ1v) is 8.50. The summed E-state index contributed by atoms with van der Waals surface area (Å²) in [5.41, 5.74) is 2.70. The maximum absolute atomic E-state index is 5.98. The molecule has 1 heterocycles. The molecular formula is C20H13Cl2N3. The summed E-state index contributed by atoms with van der Waals surface area (Å²) < 4.78 is 0. The molecule has 25 heavy (non-hydrogen) atoms. The van der Waals surface area contributed by atoms with Gasteiger partial charge in [0.25, 0.3) is 0 Å². The second kappa shape index (κ2) is 6.71. The highest BCUT2D eigenvalue weighted by molar-refractivity contribution is 6.30. The summed E-state index contributed by atoms with van der Waals surface area (Å²) >= 11 is 11.9. The van der Waals surface area contributed by atoms with Gasteiger partial charge in [-0.3, -0.25) is 0 Å². The minimum atomic E-state index is 0.645. The number of hydrogen-bond donors (Lipinski definition) is 1. The van der Waals surface area contributed by atoms with Crippen molar-refractivity contribution in [2.75, 3.05) is 5.32 Å². The third-order valence-electron chi connectivity index (χ3n) is 3.81. The molecule has 4 aromatic rings. The Balaban J connectivity index is 1.83. The van der Waals surface area contributed by atoms with Crippen molar-refractivity contribution in [2.45, 2.75) is 0 Å². The lowest BCUT2D eigenvalue weighted by Gasteiger charge is -2.11. The van der Waals surface area contributed by atoms with Gasteiger partial charge in [0.05, 0.1) is 5.52 Å². The fraction of sp³-hybridized carbons (Fsp3) is 0. The van der Waals surface area contributed by atoms with E-state index in [1.54, 1.807) is 0 Å². The van der Waals surface area contributed by atoms with Crippen LogP contribution in [-0.4, -0.2) is 9.97 Å². The van der Waals surface area contributed by atoms with E-state index in [1.165, 1.54) is 0 Å². The number of hydrogen-bond acceptors (Lipinski definition) is 3. The lowest BCUT2D eigenvalue weighted by atomic mass is 10.2. The molecule has 0 bridgehead atoms. The molecular weight excluding hydrogens is 353 g/mol. The molecule has 3 nitrogen and oxygen atoms in total. The summed E-state index contributed by atoms with van der Waals surface area (Å²) in [7, 11) is 0. The molecule has 0 fully saturated rings. The van der Waals surface area contributed by atoms with Crippen molar-refractivity contribution in [3.05, 3.63) is 82.8 Å². The van der Waals surface area contributed by atoms with E-state index in [-0.39, 0.29) is 0 Å². The molecule has 0 aliphatic carbocycles. The molecule has 1 N–H and O–H groups in total. The van der Waals surface area contributed by atoms with Gasteiger partial charge in [0.15, 0.2) is 5.82 Å². The number of nitrogens with zero attached hydrogens (tertiary/aromatic N) is 2. The van der Waals surface area contributed by atoms with Gasteiger partial charge in [0, 0.05) is 26.7 Å². The average Bonchev–Trinajstić information content (AvgIpc) is 2.64. The second-order valence-electron chi connectivity index (χ2n) is 5.55. The molecule has 4 rings (SSSR count). The van der Waals surface area contributed by atoms with Gasteiger partial charge in [-0.2, -0.15) is 0 Å². The molecule has 0 aliphatic heterocycles. The van der Waals surface area contributed by atoms with E-state index in [4.69, 9.17) is 28.2 Å². The van der Waals surface area contributed by atoms with Crippen molar-refractivity contribution < 1.29 is 0 Å². The Kier molecular flexibility index (Phi) is 4.26. The van der Waals surface area contributed by atoms with Crippen LogP contribution in [-0.2, 0) is 0 Å². The van der Waals surface area contributed by atoms with Crippen LogP contribution in [0.15, 0.2) is 72.8 Å². The predicted molar refractivity (Wildman–Crippen MR) is 105 cm³/mol. The van der Waals surface area contributed by atoms with Gasteiger partial charge >= 0.3 is 0 Å². The highest BCUT2D eigenvalue weighted by atomic mass is 35.5. The molecule has 5 heteroatoms. The minimum absolute atomic E-state index is 0.645. The maximum atomic E-state index is 5.98. The molecule has 3 aromatic carbocycles. The monoisotopic (exact) mass is 365 g/mol. The van der Waals surface area contributed by atoms with Crippen LogP contribution < -0.4 is 5.32 Å². The number of fused-ring (bicyclic) bond motifs is 1. The Hall–Kier alpha value is -2.62. The van der Waals surface area contributed by atoms with Crippen LogP contribution in [0.2, 0.25) is 10.0 Å². The normalized spacial score (nSPS) is 10.8. The number of benzene rings is 3. The van der Waals surface area contributed by atoms with Crippen LogP contribution in [0.25, 0.3) is 22.3 Å². The Morgan fingerprint density at radius 1 is 0.680 bits per heavy atom. The zero-order valence-corrected chi connectivity index (χ0v) is 14.6. The number of anilines is 2. The first-order valence-electron chi connectivity index (χ1n) is 7.74.